The summed E-state index contributed by atoms with van der Waals surface area (Å²) in [6, 6.07) is 0. The van der Waals surface area contributed by atoms with Crippen LogP contribution in [0.3, 0.4) is 0 Å². The fraction of sp³-hybridized carbons (Fsp3) is 0.952. The molecule has 4 saturated carbocycles. The molecule has 7 unspecified atom stereocenters. The molecule has 0 aliphatic heterocycles. The maximum atomic E-state index is 12.5. The van der Waals surface area contributed by atoms with Crippen molar-refractivity contribution in [3.05, 3.63) is 0 Å². The summed E-state index contributed by atoms with van der Waals surface area (Å²) in [5.74, 6) is 5.75. The zero-order valence-electron chi connectivity index (χ0n) is 15.0. The van der Waals surface area contributed by atoms with E-state index in [9.17, 15) is 4.79 Å². The summed E-state index contributed by atoms with van der Waals surface area (Å²) in [6.45, 7) is 9.93. The van der Waals surface area contributed by atoms with Crippen LogP contribution >= 0.6 is 0 Å². The van der Waals surface area contributed by atoms with E-state index in [1.807, 2.05) is 0 Å². The lowest BCUT2D eigenvalue weighted by Gasteiger charge is -2.62. The monoisotopic (exact) mass is 302 g/mol. The van der Waals surface area contributed by atoms with Gasteiger partial charge in [0.25, 0.3) is 0 Å². The molecule has 0 N–H and O–H groups in total. The molecule has 0 aromatic rings. The lowest BCUT2D eigenvalue weighted by molar-refractivity contribution is -0.148. The Morgan fingerprint density at radius 2 is 1.73 bits per heavy atom. The Bertz CT molecular complexity index is 482. The number of fused-ring (bicyclic) bond motifs is 5. The van der Waals surface area contributed by atoms with Crippen LogP contribution in [0.4, 0.5) is 0 Å². The Morgan fingerprint density at radius 1 is 0.955 bits per heavy atom. The van der Waals surface area contributed by atoms with E-state index in [-0.39, 0.29) is 5.41 Å². The molecular weight excluding hydrogens is 268 g/mol. The molecule has 4 aliphatic carbocycles. The van der Waals surface area contributed by atoms with Crippen LogP contribution in [0, 0.1) is 46.3 Å². The van der Waals surface area contributed by atoms with Crippen LogP contribution in [0.1, 0.15) is 79.1 Å². The molecule has 0 radical (unpaired) electrons. The highest BCUT2D eigenvalue weighted by molar-refractivity contribution is 5.87. The molecule has 8 atom stereocenters. The molecule has 124 valence electrons. The second-order valence-electron chi connectivity index (χ2n) is 10.0. The first-order valence-electron chi connectivity index (χ1n) is 9.89. The third-order valence-corrected chi connectivity index (χ3v) is 9.00. The topological polar surface area (TPSA) is 17.1 Å². The molecule has 1 heteroatoms. The molecule has 4 rings (SSSR count). The number of Topliss-reactive ketones (excluding diaryl/α,β-unsaturated/α-hetero) is 1. The van der Waals surface area contributed by atoms with E-state index in [0.29, 0.717) is 17.1 Å². The first kappa shape index (κ1) is 15.2. The van der Waals surface area contributed by atoms with Crippen LogP contribution in [0.2, 0.25) is 0 Å². The summed E-state index contributed by atoms with van der Waals surface area (Å²) >= 11 is 0. The van der Waals surface area contributed by atoms with Crippen LogP contribution < -0.4 is 0 Å². The van der Waals surface area contributed by atoms with Crippen LogP contribution in [0.15, 0.2) is 0 Å². The normalized spacial score (nSPS) is 57.9. The quantitative estimate of drug-likeness (QED) is 0.579. The number of hydrogen-bond donors (Lipinski definition) is 0. The van der Waals surface area contributed by atoms with Crippen LogP contribution in [0.5, 0.6) is 0 Å². The third-order valence-electron chi connectivity index (χ3n) is 9.00. The van der Waals surface area contributed by atoms with Gasteiger partial charge in [0.1, 0.15) is 5.78 Å². The molecule has 1 nitrogen and oxygen atoms in total. The fourth-order valence-corrected chi connectivity index (χ4v) is 7.62. The van der Waals surface area contributed by atoms with Gasteiger partial charge in [-0.05, 0) is 79.4 Å². The van der Waals surface area contributed by atoms with Gasteiger partial charge in [-0.1, -0.05) is 34.1 Å². The first-order valence-corrected chi connectivity index (χ1v) is 9.89. The van der Waals surface area contributed by atoms with Crippen LogP contribution in [-0.2, 0) is 4.79 Å². The molecule has 0 aromatic heterocycles. The predicted molar refractivity (Wildman–Crippen MR) is 90.4 cm³/mol. The van der Waals surface area contributed by atoms with Crippen molar-refractivity contribution in [3.63, 3.8) is 0 Å². The van der Waals surface area contributed by atoms with Gasteiger partial charge < -0.3 is 0 Å². The third kappa shape index (κ3) is 1.86. The molecule has 0 spiro atoms. The molecule has 4 fully saturated rings. The molecule has 0 bridgehead atoms. The number of hydrogen-bond acceptors (Lipinski definition) is 1. The van der Waals surface area contributed by atoms with Gasteiger partial charge in [0.2, 0.25) is 0 Å². The Labute approximate surface area is 136 Å². The fourth-order valence-electron chi connectivity index (χ4n) is 7.62. The lowest BCUT2D eigenvalue weighted by atomic mass is 9.42. The van der Waals surface area contributed by atoms with Crippen molar-refractivity contribution in [2.75, 3.05) is 0 Å². The highest BCUT2D eigenvalue weighted by Crippen LogP contribution is 2.67. The van der Waals surface area contributed by atoms with E-state index >= 15 is 0 Å². The summed E-state index contributed by atoms with van der Waals surface area (Å²) in [6.07, 6.45) is 10.4. The second-order valence-corrected chi connectivity index (χ2v) is 10.0. The first-order chi connectivity index (χ1) is 10.4. The van der Waals surface area contributed by atoms with Gasteiger partial charge in [-0.2, -0.15) is 0 Å². The van der Waals surface area contributed by atoms with Gasteiger partial charge in [0, 0.05) is 11.8 Å². The standard InChI is InChI=1S/C21H34O/c1-13-7-9-20(3)15(11-13)12-14(2)19-16-5-6-18(22)21(16,4)10-8-17(19)20/h13-17,19H,5-12H2,1-4H3/t13?,14-,15?,16?,17?,19?,20?,21?/m1/s1. The lowest BCUT2D eigenvalue weighted by Crippen LogP contribution is -2.56. The van der Waals surface area contributed by atoms with E-state index in [2.05, 4.69) is 27.7 Å². The van der Waals surface area contributed by atoms with Crippen molar-refractivity contribution in [2.45, 2.75) is 79.1 Å². The Balaban J connectivity index is 1.69. The molecule has 22 heavy (non-hydrogen) atoms. The minimum absolute atomic E-state index is 0.0422. The van der Waals surface area contributed by atoms with Gasteiger partial charge >= 0.3 is 0 Å². The van der Waals surface area contributed by atoms with Crippen molar-refractivity contribution >= 4 is 5.78 Å². The maximum absolute atomic E-state index is 12.5. The largest absolute Gasteiger partial charge is 0.299 e. The molecule has 0 aromatic carbocycles. The SMILES string of the molecule is CC1CCC2(C)C(C1)C[C@@H](C)C1C3CCC(=O)C3(C)CCC12. The number of carbonyl (C=O) groups excluding carboxylic acids is 1. The highest BCUT2D eigenvalue weighted by Gasteiger charge is 2.61. The summed E-state index contributed by atoms with van der Waals surface area (Å²) in [4.78, 5) is 12.5. The molecule has 0 amide bonds. The van der Waals surface area contributed by atoms with Crippen molar-refractivity contribution in [3.8, 4) is 0 Å². The zero-order valence-corrected chi connectivity index (χ0v) is 15.0. The van der Waals surface area contributed by atoms with Crippen LogP contribution in [0.25, 0.3) is 0 Å². The van der Waals surface area contributed by atoms with Gasteiger partial charge in [-0.25, -0.2) is 0 Å². The van der Waals surface area contributed by atoms with Crippen molar-refractivity contribution < 1.29 is 4.79 Å². The van der Waals surface area contributed by atoms with Crippen molar-refractivity contribution in [2.24, 2.45) is 46.3 Å². The average Bonchev–Trinajstić information content (AvgIpc) is 2.77. The minimum Gasteiger partial charge on any atom is -0.299 e. The van der Waals surface area contributed by atoms with Crippen LogP contribution in [-0.4, -0.2) is 5.78 Å². The Hall–Kier alpha value is -0.330. The zero-order chi connectivity index (χ0) is 15.7. The van der Waals surface area contributed by atoms with Gasteiger partial charge in [-0.15, -0.1) is 0 Å². The summed E-state index contributed by atoms with van der Waals surface area (Å²) in [7, 11) is 0. The minimum atomic E-state index is 0.0422. The van der Waals surface area contributed by atoms with Crippen molar-refractivity contribution in [1.29, 1.82) is 0 Å². The molecule has 4 aliphatic rings. The average molecular weight is 303 g/mol. The number of ketones is 1. The molecular formula is C21H34O. The Morgan fingerprint density at radius 3 is 2.50 bits per heavy atom. The summed E-state index contributed by atoms with van der Waals surface area (Å²) in [5.41, 5.74) is 0.622. The predicted octanol–water partition coefficient (Wildman–Crippen LogP) is 5.48. The van der Waals surface area contributed by atoms with Crippen molar-refractivity contribution in [1.82, 2.24) is 0 Å². The second kappa shape index (κ2) is 4.84. The summed E-state index contributed by atoms with van der Waals surface area (Å²) < 4.78 is 0. The number of rotatable bonds is 0. The van der Waals surface area contributed by atoms with Gasteiger partial charge in [0.15, 0.2) is 0 Å². The maximum Gasteiger partial charge on any atom is 0.139 e. The molecule has 0 heterocycles. The molecule has 0 saturated heterocycles. The summed E-state index contributed by atoms with van der Waals surface area (Å²) in [5, 5.41) is 0. The van der Waals surface area contributed by atoms with E-state index < -0.39 is 0 Å². The van der Waals surface area contributed by atoms with Gasteiger partial charge in [0.05, 0.1) is 0 Å². The van der Waals surface area contributed by atoms with E-state index in [1.165, 1.54) is 44.9 Å². The van der Waals surface area contributed by atoms with Gasteiger partial charge in [-0.3, -0.25) is 4.79 Å². The van der Waals surface area contributed by atoms with E-state index in [4.69, 9.17) is 0 Å². The Kier molecular flexibility index (Phi) is 3.34. The number of carbonyl (C=O) groups is 1. The highest BCUT2D eigenvalue weighted by atomic mass is 16.1. The van der Waals surface area contributed by atoms with E-state index in [1.54, 1.807) is 0 Å². The van der Waals surface area contributed by atoms with E-state index in [0.717, 1.165) is 36.0 Å². The smallest absolute Gasteiger partial charge is 0.139 e.